The summed E-state index contributed by atoms with van der Waals surface area (Å²) < 4.78 is 27.1. The smallest absolute Gasteiger partial charge is 0.243 e. The van der Waals surface area contributed by atoms with E-state index in [-0.39, 0.29) is 16.7 Å². The predicted molar refractivity (Wildman–Crippen MR) is 91.2 cm³/mol. The molecule has 1 fully saturated rings. The molecular weight excluding hydrogens is 334 g/mol. The van der Waals surface area contributed by atoms with E-state index < -0.39 is 10.0 Å². The number of fused-ring (bicyclic) bond motifs is 1. The van der Waals surface area contributed by atoms with Gasteiger partial charge < -0.3 is 10.2 Å². The van der Waals surface area contributed by atoms with E-state index in [1.54, 1.807) is 30.0 Å². The summed E-state index contributed by atoms with van der Waals surface area (Å²) in [6.45, 7) is 4.32. The minimum absolute atomic E-state index is 0.0644. The van der Waals surface area contributed by atoms with Crippen molar-refractivity contribution in [2.24, 2.45) is 5.92 Å². The average molecular weight is 355 g/mol. The van der Waals surface area contributed by atoms with E-state index in [4.69, 9.17) is 0 Å². The molecule has 0 bridgehead atoms. The van der Waals surface area contributed by atoms with Crippen molar-refractivity contribution in [3.8, 4) is 0 Å². The van der Waals surface area contributed by atoms with Crippen LogP contribution in [-0.2, 0) is 14.8 Å². The van der Waals surface area contributed by atoms with Gasteiger partial charge in [0.1, 0.15) is 0 Å². The van der Waals surface area contributed by atoms with Gasteiger partial charge in [0.15, 0.2) is 0 Å². The van der Waals surface area contributed by atoms with Crippen molar-refractivity contribution in [2.45, 2.75) is 16.7 Å². The molecule has 6 nitrogen and oxygen atoms in total. The minimum Gasteiger partial charge on any atom is -0.325 e. The van der Waals surface area contributed by atoms with Gasteiger partial charge in [-0.1, -0.05) is 6.92 Å². The summed E-state index contributed by atoms with van der Waals surface area (Å²) in [5.41, 5.74) is 0.597. The van der Waals surface area contributed by atoms with Crippen molar-refractivity contribution in [2.75, 3.05) is 44.3 Å². The standard InChI is InChI=1S/C15H21N3O3S2/c1-11-10-22-14-4-3-12(9-13(14)16-15(11)19)23(20,21)18-7-5-17(2)6-8-18/h3-4,9,11H,5-8,10H2,1-2H3,(H,16,19). The Kier molecular flexibility index (Phi) is 4.68. The molecule has 1 N–H and O–H groups in total. The van der Waals surface area contributed by atoms with Crippen LogP contribution in [0.3, 0.4) is 0 Å². The van der Waals surface area contributed by atoms with Crippen molar-refractivity contribution in [3.05, 3.63) is 18.2 Å². The Morgan fingerprint density at radius 1 is 1.22 bits per heavy atom. The number of nitrogens with zero attached hydrogens (tertiary/aromatic N) is 2. The zero-order valence-electron chi connectivity index (χ0n) is 13.3. The lowest BCUT2D eigenvalue weighted by atomic mass is 10.2. The number of anilines is 1. The fourth-order valence-corrected chi connectivity index (χ4v) is 5.08. The Morgan fingerprint density at radius 3 is 2.61 bits per heavy atom. The number of thioether (sulfide) groups is 1. The molecule has 1 aromatic carbocycles. The number of rotatable bonds is 2. The highest BCUT2D eigenvalue weighted by Crippen LogP contribution is 2.34. The van der Waals surface area contributed by atoms with Crippen molar-refractivity contribution in [3.63, 3.8) is 0 Å². The molecule has 2 heterocycles. The van der Waals surface area contributed by atoms with Gasteiger partial charge >= 0.3 is 0 Å². The van der Waals surface area contributed by atoms with Gasteiger partial charge in [0.2, 0.25) is 15.9 Å². The number of likely N-dealkylation sites (N-methyl/N-ethyl adjacent to an activating group) is 1. The van der Waals surface area contributed by atoms with Crippen LogP contribution in [0.15, 0.2) is 28.0 Å². The van der Waals surface area contributed by atoms with Crippen LogP contribution in [-0.4, -0.2) is 62.5 Å². The topological polar surface area (TPSA) is 69.7 Å². The SMILES string of the molecule is CC1CSc2ccc(S(=O)(=O)N3CCN(C)CC3)cc2NC1=O. The Labute approximate surface area is 141 Å². The van der Waals surface area contributed by atoms with Crippen molar-refractivity contribution >= 4 is 33.4 Å². The zero-order valence-corrected chi connectivity index (χ0v) is 14.9. The fraction of sp³-hybridized carbons (Fsp3) is 0.533. The largest absolute Gasteiger partial charge is 0.325 e. The maximum atomic E-state index is 12.8. The van der Waals surface area contributed by atoms with Crippen LogP contribution in [0.2, 0.25) is 0 Å². The number of hydrogen-bond donors (Lipinski definition) is 1. The lowest BCUT2D eigenvalue weighted by molar-refractivity contribution is -0.118. The van der Waals surface area contributed by atoms with Crippen LogP contribution in [0, 0.1) is 5.92 Å². The average Bonchev–Trinajstić information content (AvgIpc) is 2.66. The molecule has 1 atom stereocenters. The van der Waals surface area contributed by atoms with Gasteiger partial charge in [0.05, 0.1) is 10.6 Å². The number of amides is 1. The Hall–Kier alpha value is -1.09. The van der Waals surface area contributed by atoms with Crippen LogP contribution in [0.25, 0.3) is 0 Å². The van der Waals surface area contributed by atoms with E-state index in [0.29, 0.717) is 24.5 Å². The van der Waals surface area contributed by atoms with Crippen molar-refractivity contribution in [1.82, 2.24) is 9.21 Å². The van der Waals surface area contributed by atoms with Gasteiger partial charge in [0.25, 0.3) is 0 Å². The van der Waals surface area contributed by atoms with Crippen LogP contribution >= 0.6 is 11.8 Å². The van der Waals surface area contributed by atoms with Crippen molar-refractivity contribution in [1.29, 1.82) is 0 Å². The monoisotopic (exact) mass is 355 g/mol. The lowest BCUT2D eigenvalue weighted by Gasteiger charge is -2.31. The van der Waals surface area contributed by atoms with Gasteiger partial charge in [-0.25, -0.2) is 8.42 Å². The van der Waals surface area contributed by atoms with E-state index in [1.165, 1.54) is 4.31 Å². The lowest BCUT2D eigenvalue weighted by Crippen LogP contribution is -2.47. The van der Waals surface area contributed by atoms with Gasteiger partial charge in [-0.2, -0.15) is 4.31 Å². The molecule has 8 heteroatoms. The molecule has 0 radical (unpaired) electrons. The fourth-order valence-electron chi connectivity index (χ4n) is 2.62. The zero-order chi connectivity index (χ0) is 16.6. The summed E-state index contributed by atoms with van der Waals surface area (Å²) in [4.78, 5) is 15.3. The van der Waals surface area contributed by atoms with E-state index in [1.807, 2.05) is 14.0 Å². The molecule has 0 spiro atoms. The summed E-state index contributed by atoms with van der Waals surface area (Å²) in [6.07, 6.45) is 0. The first kappa shape index (κ1) is 16.8. The summed E-state index contributed by atoms with van der Waals surface area (Å²) in [7, 11) is -1.53. The molecule has 1 unspecified atom stereocenters. The maximum absolute atomic E-state index is 12.8. The highest BCUT2D eigenvalue weighted by molar-refractivity contribution is 7.99. The van der Waals surface area contributed by atoms with Gasteiger partial charge in [0, 0.05) is 42.7 Å². The number of sulfonamides is 1. The number of carbonyl (C=O) groups excluding carboxylic acids is 1. The van der Waals surface area contributed by atoms with E-state index in [0.717, 1.165) is 18.0 Å². The highest BCUT2D eigenvalue weighted by Gasteiger charge is 2.29. The van der Waals surface area contributed by atoms with Crippen LogP contribution in [0.5, 0.6) is 0 Å². The number of nitrogens with one attached hydrogen (secondary N) is 1. The predicted octanol–water partition coefficient (Wildman–Crippen LogP) is 1.30. The van der Waals surface area contributed by atoms with Crippen LogP contribution < -0.4 is 5.32 Å². The molecule has 0 aromatic heterocycles. The number of hydrogen-bond acceptors (Lipinski definition) is 5. The third kappa shape index (κ3) is 3.40. The summed E-state index contributed by atoms with van der Waals surface area (Å²) in [5, 5.41) is 2.84. The first-order valence-electron chi connectivity index (χ1n) is 7.64. The maximum Gasteiger partial charge on any atom is 0.243 e. The Balaban J connectivity index is 1.89. The van der Waals surface area contributed by atoms with E-state index in [9.17, 15) is 13.2 Å². The van der Waals surface area contributed by atoms with Gasteiger partial charge in [-0.15, -0.1) is 11.8 Å². The summed E-state index contributed by atoms with van der Waals surface area (Å²) in [6, 6.07) is 5.02. The number of carbonyl (C=O) groups is 1. The first-order chi connectivity index (χ1) is 10.9. The second-order valence-electron chi connectivity index (χ2n) is 6.07. The summed E-state index contributed by atoms with van der Waals surface area (Å²) in [5.74, 6) is 0.541. The van der Waals surface area contributed by atoms with Crippen molar-refractivity contribution < 1.29 is 13.2 Å². The molecule has 1 aromatic rings. The third-order valence-electron chi connectivity index (χ3n) is 4.25. The van der Waals surface area contributed by atoms with E-state index in [2.05, 4.69) is 10.2 Å². The second kappa shape index (κ2) is 6.43. The molecule has 1 saturated heterocycles. The molecule has 1 amide bonds. The normalized spacial score (nSPS) is 23.9. The number of piperazine rings is 1. The first-order valence-corrected chi connectivity index (χ1v) is 10.1. The van der Waals surface area contributed by atoms with Crippen LogP contribution in [0.4, 0.5) is 5.69 Å². The Morgan fingerprint density at radius 2 is 1.91 bits per heavy atom. The highest BCUT2D eigenvalue weighted by atomic mass is 32.2. The third-order valence-corrected chi connectivity index (χ3v) is 7.47. The molecule has 2 aliphatic heterocycles. The summed E-state index contributed by atoms with van der Waals surface area (Å²) >= 11 is 1.58. The number of benzene rings is 1. The second-order valence-corrected chi connectivity index (χ2v) is 9.07. The van der Waals surface area contributed by atoms with E-state index >= 15 is 0 Å². The minimum atomic E-state index is -3.52. The molecule has 2 aliphatic rings. The molecule has 0 aliphatic carbocycles. The molecule has 126 valence electrons. The van der Waals surface area contributed by atoms with Gasteiger partial charge in [-0.05, 0) is 25.2 Å². The molecular formula is C15H21N3O3S2. The van der Waals surface area contributed by atoms with Gasteiger partial charge in [-0.3, -0.25) is 4.79 Å². The van der Waals surface area contributed by atoms with Crippen LogP contribution in [0.1, 0.15) is 6.92 Å². The molecule has 23 heavy (non-hydrogen) atoms. The molecule has 3 rings (SSSR count). The molecule has 0 saturated carbocycles. The Bertz CT molecular complexity index is 713. The quantitative estimate of drug-likeness (QED) is 0.866.